The monoisotopic (exact) mass is 395 g/mol. The Hall–Kier alpha value is -2.29. The van der Waals surface area contributed by atoms with Crippen molar-refractivity contribution in [3.05, 3.63) is 34.6 Å². The molecule has 0 aliphatic heterocycles. The smallest absolute Gasteiger partial charge is 0.328 e. The molecule has 0 saturated heterocycles. The molecular formula is C15H18BrN5O3. The summed E-state index contributed by atoms with van der Waals surface area (Å²) in [5.74, 6) is -0.945. The fourth-order valence-corrected chi connectivity index (χ4v) is 2.54. The van der Waals surface area contributed by atoms with Crippen molar-refractivity contribution in [2.24, 2.45) is 5.92 Å². The van der Waals surface area contributed by atoms with Gasteiger partial charge >= 0.3 is 5.97 Å². The van der Waals surface area contributed by atoms with Crippen LogP contribution >= 0.6 is 15.9 Å². The molecule has 1 heterocycles. The zero-order valence-electron chi connectivity index (χ0n) is 13.6. The number of carbonyl (C=O) groups is 2. The SMILES string of the molecule is CCC(C)[C@@H](NC(=O)c1cc(Br)ccc1-n1cnnn1)C(=O)OC. The highest BCUT2D eigenvalue weighted by molar-refractivity contribution is 9.10. The van der Waals surface area contributed by atoms with Crippen molar-refractivity contribution in [1.29, 1.82) is 0 Å². The number of amides is 1. The van der Waals surface area contributed by atoms with E-state index in [0.29, 0.717) is 11.3 Å². The van der Waals surface area contributed by atoms with Crippen LogP contribution in [0.15, 0.2) is 29.0 Å². The molecule has 0 fully saturated rings. The zero-order chi connectivity index (χ0) is 17.7. The fraction of sp³-hybridized carbons (Fsp3) is 0.400. The van der Waals surface area contributed by atoms with Crippen molar-refractivity contribution < 1.29 is 14.3 Å². The molecule has 0 spiro atoms. The van der Waals surface area contributed by atoms with Gasteiger partial charge in [0.15, 0.2) is 0 Å². The van der Waals surface area contributed by atoms with Crippen LogP contribution < -0.4 is 5.32 Å². The molecule has 0 radical (unpaired) electrons. The summed E-state index contributed by atoms with van der Waals surface area (Å²) in [6, 6.07) is 4.41. The van der Waals surface area contributed by atoms with Crippen LogP contribution in [0.1, 0.15) is 30.6 Å². The highest BCUT2D eigenvalue weighted by Gasteiger charge is 2.28. The van der Waals surface area contributed by atoms with Crippen LogP contribution in [0.25, 0.3) is 5.69 Å². The van der Waals surface area contributed by atoms with E-state index >= 15 is 0 Å². The predicted molar refractivity (Wildman–Crippen MR) is 89.6 cm³/mol. The van der Waals surface area contributed by atoms with E-state index in [2.05, 4.69) is 36.8 Å². The third-order valence-corrected chi connectivity index (χ3v) is 4.25. The standard InChI is InChI=1S/C15H18BrN5O3/c1-4-9(2)13(15(23)24-3)18-14(22)11-7-10(16)5-6-12(11)21-8-17-19-20-21/h5-9,13H,4H2,1-3H3,(H,18,22)/t9?,13-/m1/s1. The maximum Gasteiger partial charge on any atom is 0.328 e. The molecule has 2 rings (SSSR count). The third-order valence-electron chi connectivity index (χ3n) is 3.75. The Morgan fingerprint density at radius 1 is 1.42 bits per heavy atom. The number of methoxy groups -OCH3 is 1. The number of esters is 1. The average molecular weight is 396 g/mol. The largest absolute Gasteiger partial charge is 0.467 e. The number of hydrogen-bond acceptors (Lipinski definition) is 6. The minimum atomic E-state index is -0.729. The Labute approximate surface area is 147 Å². The fourth-order valence-electron chi connectivity index (χ4n) is 2.18. The van der Waals surface area contributed by atoms with Gasteiger partial charge < -0.3 is 10.1 Å². The van der Waals surface area contributed by atoms with Gasteiger partial charge in [-0.1, -0.05) is 36.2 Å². The number of benzene rings is 1. The molecule has 2 aromatic rings. The number of ether oxygens (including phenoxy) is 1. The van der Waals surface area contributed by atoms with Gasteiger partial charge in [-0.3, -0.25) is 4.79 Å². The Morgan fingerprint density at radius 2 is 2.17 bits per heavy atom. The number of carbonyl (C=O) groups excluding carboxylic acids is 2. The van der Waals surface area contributed by atoms with Gasteiger partial charge in [0, 0.05) is 4.47 Å². The van der Waals surface area contributed by atoms with Gasteiger partial charge in [-0.2, -0.15) is 4.68 Å². The van der Waals surface area contributed by atoms with Gasteiger partial charge in [0.05, 0.1) is 18.4 Å². The molecule has 2 atom stereocenters. The first-order chi connectivity index (χ1) is 11.5. The lowest BCUT2D eigenvalue weighted by molar-refractivity contribution is -0.144. The molecule has 128 valence electrons. The van der Waals surface area contributed by atoms with Crippen molar-refractivity contribution in [2.75, 3.05) is 7.11 Å². The molecule has 1 aromatic heterocycles. The second-order valence-corrected chi connectivity index (χ2v) is 6.19. The summed E-state index contributed by atoms with van der Waals surface area (Å²) in [5, 5.41) is 13.7. The van der Waals surface area contributed by atoms with Crippen LogP contribution in [0.4, 0.5) is 0 Å². The van der Waals surface area contributed by atoms with Crippen molar-refractivity contribution >= 4 is 27.8 Å². The second kappa shape index (κ2) is 8.00. The first-order valence-electron chi connectivity index (χ1n) is 7.39. The Balaban J connectivity index is 2.35. The predicted octanol–water partition coefficient (Wildman–Crippen LogP) is 1.74. The van der Waals surface area contributed by atoms with Crippen LogP contribution in [0.5, 0.6) is 0 Å². The zero-order valence-corrected chi connectivity index (χ0v) is 15.1. The Kier molecular flexibility index (Phi) is 6.02. The van der Waals surface area contributed by atoms with Crippen molar-refractivity contribution in [3.63, 3.8) is 0 Å². The molecule has 0 bridgehead atoms. The lowest BCUT2D eigenvalue weighted by Gasteiger charge is -2.22. The van der Waals surface area contributed by atoms with Crippen LogP contribution in [0, 0.1) is 5.92 Å². The van der Waals surface area contributed by atoms with E-state index in [1.165, 1.54) is 18.1 Å². The summed E-state index contributed by atoms with van der Waals surface area (Å²) in [4.78, 5) is 24.7. The van der Waals surface area contributed by atoms with Gasteiger partial charge in [-0.25, -0.2) is 4.79 Å². The first kappa shape index (κ1) is 18.1. The number of nitrogens with zero attached hydrogens (tertiary/aromatic N) is 4. The van der Waals surface area contributed by atoms with Gasteiger partial charge in [0.25, 0.3) is 5.91 Å². The van der Waals surface area contributed by atoms with Crippen LogP contribution in [-0.4, -0.2) is 45.2 Å². The Morgan fingerprint density at radius 3 is 2.75 bits per heavy atom. The number of aromatic nitrogens is 4. The molecule has 0 aliphatic carbocycles. The highest BCUT2D eigenvalue weighted by Crippen LogP contribution is 2.20. The quantitative estimate of drug-likeness (QED) is 0.747. The molecule has 1 unspecified atom stereocenters. The van der Waals surface area contributed by atoms with E-state index < -0.39 is 17.9 Å². The first-order valence-corrected chi connectivity index (χ1v) is 8.18. The van der Waals surface area contributed by atoms with E-state index in [9.17, 15) is 9.59 Å². The molecule has 0 saturated carbocycles. The summed E-state index contributed by atoms with van der Waals surface area (Å²) in [7, 11) is 1.30. The summed E-state index contributed by atoms with van der Waals surface area (Å²) in [6.45, 7) is 3.82. The number of tetrazole rings is 1. The molecule has 8 nitrogen and oxygen atoms in total. The van der Waals surface area contributed by atoms with Crippen LogP contribution in [-0.2, 0) is 9.53 Å². The van der Waals surface area contributed by atoms with Crippen molar-refractivity contribution in [1.82, 2.24) is 25.5 Å². The molecule has 0 aliphatic rings. The maximum absolute atomic E-state index is 12.7. The lowest BCUT2D eigenvalue weighted by Crippen LogP contribution is -2.45. The van der Waals surface area contributed by atoms with Gasteiger partial charge in [-0.15, -0.1) is 5.10 Å². The third kappa shape index (κ3) is 3.97. The van der Waals surface area contributed by atoms with Gasteiger partial charge in [-0.05, 0) is 34.5 Å². The summed E-state index contributed by atoms with van der Waals surface area (Å²) >= 11 is 3.35. The Bertz CT molecular complexity index is 720. The van der Waals surface area contributed by atoms with Gasteiger partial charge in [0.1, 0.15) is 12.4 Å². The maximum atomic E-state index is 12.7. The number of rotatable bonds is 6. The topological polar surface area (TPSA) is 99.0 Å². The molecule has 24 heavy (non-hydrogen) atoms. The second-order valence-electron chi connectivity index (χ2n) is 5.28. The summed E-state index contributed by atoms with van der Waals surface area (Å²) < 4.78 is 6.91. The van der Waals surface area contributed by atoms with E-state index in [1.54, 1.807) is 18.2 Å². The summed E-state index contributed by atoms with van der Waals surface area (Å²) in [5.41, 5.74) is 0.849. The van der Waals surface area contributed by atoms with E-state index in [-0.39, 0.29) is 5.92 Å². The number of hydrogen-bond donors (Lipinski definition) is 1. The molecule has 9 heteroatoms. The highest BCUT2D eigenvalue weighted by atomic mass is 79.9. The van der Waals surface area contributed by atoms with E-state index in [0.717, 1.165) is 10.9 Å². The average Bonchev–Trinajstić information content (AvgIpc) is 3.12. The van der Waals surface area contributed by atoms with Crippen LogP contribution in [0.3, 0.4) is 0 Å². The molecule has 1 amide bonds. The van der Waals surface area contributed by atoms with E-state index in [4.69, 9.17) is 4.74 Å². The summed E-state index contributed by atoms with van der Waals surface area (Å²) in [6.07, 6.45) is 2.12. The molecule has 1 N–H and O–H groups in total. The minimum absolute atomic E-state index is 0.0648. The van der Waals surface area contributed by atoms with Crippen molar-refractivity contribution in [2.45, 2.75) is 26.3 Å². The normalized spacial score (nSPS) is 13.2. The lowest BCUT2D eigenvalue weighted by atomic mass is 9.98. The van der Waals surface area contributed by atoms with Gasteiger partial charge in [0.2, 0.25) is 0 Å². The number of nitrogens with one attached hydrogen (secondary N) is 1. The molecule has 1 aromatic carbocycles. The van der Waals surface area contributed by atoms with Crippen molar-refractivity contribution in [3.8, 4) is 5.69 Å². The number of halogens is 1. The molecular weight excluding hydrogens is 378 g/mol. The van der Waals surface area contributed by atoms with Crippen LogP contribution in [0.2, 0.25) is 0 Å². The van der Waals surface area contributed by atoms with E-state index in [1.807, 2.05) is 13.8 Å². The minimum Gasteiger partial charge on any atom is -0.467 e.